The third-order valence-electron chi connectivity index (χ3n) is 3.17. The van der Waals surface area contributed by atoms with Gasteiger partial charge in [-0.2, -0.15) is 0 Å². The molecule has 19 heavy (non-hydrogen) atoms. The van der Waals surface area contributed by atoms with Gasteiger partial charge in [-0.3, -0.25) is 0 Å². The number of hydrogen-bond donors (Lipinski definition) is 0. The molecule has 0 N–H and O–H groups in total. The molecule has 1 aromatic carbocycles. The lowest BCUT2D eigenvalue weighted by molar-refractivity contribution is 0.0443. The van der Waals surface area contributed by atoms with Crippen LogP contribution < -0.4 is 4.90 Å². The van der Waals surface area contributed by atoms with Crippen molar-refractivity contribution in [1.29, 1.82) is 0 Å². The van der Waals surface area contributed by atoms with Crippen LogP contribution in [0.5, 0.6) is 0 Å². The van der Waals surface area contributed by atoms with Crippen LogP contribution >= 0.6 is 0 Å². The quantitative estimate of drug-likeness (QED) is 0.702. The number of benzene rings is 1. The second-order valence-electron chi connectivity index (χ2n) is 5.29. The van der Waals surface area contributed by atoms with Crippen molar-refractivity contribution in [3.8, 4) is 0 Å². The molecule has 0 aromatic heterocycles. The maximum Gasteiger partial charge on any atom is 0.338 e. The highest BCUT2D eigenvalue weighted by Gasteiger charge is 2.10. The van der Waals surface area contributed by atoms with E-state index in [1.807, 2.05) is 43.3 Å². The zero-order valence-corrected chi connectivity index (χ0v) is 12.5. The van der Waals surface area contributed by atoms with Gasteiger partial charge in [-0.25, -0.2) is 4.79 Å². The van der Waals surface area contributed by atoms with Gasteiger partial charge in [0.15, 0.2) is 0 Å². The smallest absolute Gasteiger partial charge is 0.338 e. The molecular weight excluding hydrogens is 238 g/mol. The average molecular weight is 263 g/mol. The van der Waals surface area contributed by atoms with Crippen molar-refractivity contribution in [2.75, 3.05) is 25.6 Å². The van der Waals surface area contributed by atoms with E-state index in [1.54, 1.807) is 0 Å². The molecule has 3 heteroatoms. The van der Waals surface area contributed by atoms with Gasteiger partial charge < -0.3 is 9.64 Å². The van der Waals surface area contributed by atoms with Gasteiger partial charge in [0, 0.05) is 19.8 Å². The largest absolute Gasteiger partial charge is 0.462 e. The second kappa shape index (κ2) is 7.82. The Hall–Kier alpha value is -1.51. The molecule has 1 aromatic rings. The van der Waals surface area contributed by atoms with E-state index in [-0.39, 0.29) is 5.97 Å². The van der Waals surface area contributed by atoms with Crippen LogP contribution in [0, 0.1) is 5.92 Å². The summed E-state index contributed by atoms with van der Waals surface area (Å²) in [6.45, 7) is 4.80. The first kappa shape index (κ1) is 15.5. The summed E-state index contributed by atoms with van der Waals surface area (Å²) < 4.78 is 5.33. The van der Waals surface area contributed by atoms with Gasteiger partial charge in [-0.05, 0) is 36.6 Å². The zero-order chi connectivity index (χ0) is 14.3. The summed E-state index contributed by atoms with van der Waals surface area (Å²) in [6, 6.07) is 7.48. The molecule has 1 rings (SSSR count). The molecule has 0 saturated carbocycles. The van der Waals surface area contributed by atoms with E-state index in [0.717, 1.165) is 12.1 Å². The Balaban J connectivity index is 2.45. The third kappa shape index (κ3) is 5.33. The topological polar surface area (TPSA) is 29.5 Å². The molecule has 106 valence electrons. The van der Waals surface area contributed by atoms with Gasteiger partial charge in [0.1, 0.15) is 0 Å². The minimum absolute atomic E-state index is 0.228. The van der Waals surface area contributed by atoms with Gasteiger partial charge in [-0.15, -0.1) is 0 Å². The maximum absolute atomic E-state index is 11.9. The first-order chi connectivity index (χ1) is 9.04. The minimum Gasteiger partial charge on any atom is -0.462 e. The fourth-order valence-corrected chi connectivity index (χ4v) is 1.83. The van der Waals surface area contributed by atoms with Gasteiger partial charge >= 0.3 is 5.97 Å². The summed E-state index contributed by atoms with van der Waals surface area (Å²) in [5.41, 5.74) is 1.70. The molecule has 0 aliphatic carbocycles. The molecule has 0 unspecified atom stereocenters. The standard InChI is InChI=1S/C16H25NO2/c1-5-6-7-13(2)12-19-16(18)14-8-10-15(11-9-14)17(3)4/h8-11,13H,5-7,12H2,1-4H3/t13-/m0/s1. The molecule has 0 amide bonds. The van der Waals surface area contributed by atoms with Crippen molar-refractivity contribution in [3.05, 3.63) is 29.8 Å². The van der Waals surface area contributed by atoms with Crippen molar-refractivity contribution in [1.82, 2.24) is 0 Å². The van der Waals surface area contributed by atoms with E-state index in [4.69, 9.17) is 4.74 Å². The molecular formula is C16H25NO2. The second-order valence-corrected chi connectivity index (χ2v) is 5.29. The highest BCUT2D eigenvalue weighted by Crippen LogP contribution is 2.14. The molecule has 0 bridgehead atoms. The summed E-state index contributed by atoms with van der Waals surface area (Å²) in [7, 11) is 3.95. The molecule has 0 saturated heterocycles. The SMILES string of the molecule is CCCC[C@H](C)COC(=O)c1ccc(N(C)C)cc1. The van der Waals surface area contributed by atoms with Crippen molar-refractivity contribution < 1.29 is 9.53 Å². The molecule has 0 aliphatic rings. The monoisotopic (exact) mass is 263 g/mol. The van der Waals surface area contributed by atoms with E-state index in [0.29, 0.717) is 18.1 Å². The van der Waals surface area contributed by atoms with Gasteiger partial charge in [-0.1, -0.05) is 26.7 Å². The summed E-state index contributed by atoms with van der Waals surface area (Å²) in [5, 5.41) is 0. The molecule has 0 aliphatic heterocycles. The molecule has 0 fully saturated rings. The average Bonchev–Trinajstić information content (AvgIpc) is 2.42. The summed E-state index contributed by atoms with van der Waals surface area (Å²) in [5.74, 6) is 0.207. The number of carbonyl (C=O) groups excluding carboxylic acids is 1. The van der Waals surface area contributed by atoms with Crippen LogP contribution in [0.3, 0.4) is 0 Å². The fourth-order valence-electron chi connectivity index (χ4n) is 1.83. The van der Waals surface area contributed by atoms with Crippen LogP contribution in [-0.4, -0.2) is 26.7 Å². The number of hydrogen-bond acceptors (Lipinski definition) is 3. The van der Waals surface area contributed by atoms with Crippen molar-refractivity contribution >= 4 is 11.7 Å². The number of unbranched alkanes of at least 4 members (excludes halogenated alkanes) is 1. The van der Waals surface area contributed by atoms with Gasteiger partial charge in [0.2, 0.25) is 0 Å². The molecule has 1 atom stereocenters. The fraction of sp³-hybridized carbons (Fsp3) is 0.562. The lowest BCUT2D eigenvalue weighted by Gasteiger charge is -2.13. The van der Waals surface area contributed by atoms with Crippen molar-refractivity contribution in [2.45, 2.75) is 33.1 Å². The highest BCUT2D eigenvalue weighted by molar-refractivity contribution is 5.89. The van der Waals surface area contributed by atoms with Gasteiger partial charge in [0.05, 0.1) is 12.2 Å². The predicted molar refractivity (Wildman–Crippen MR) is 79.7 cm³/mol. The Kier molecular flexibility index (Phi) is 6.40. The van der Waals surface area contributed by atoms with Crippen molar-refractivity contribution in [2.24, 2.45) is 5.92 Å². The van der Waals surface area contributed by atoms with Gasteiger partial charge in [0.25, 0.3) is 0 Å². The minimum atomic E-state index is -0.228. The van der Waals surface area contributed by atoms with Crippen molar-refractivity contribution in [3.63, 3.8) is 0 Å². The molecule has 0 radical (unpaired) electrons. The number of nitrogens with zero attached hydrogens (tertiary/aromatic N) is 1. The first-order valence-electron chi connectivity index (χ1n) is 6.99. The van der Waals surface area contributed by atoms with Crippen LogP contribution in [-0.2, 0) is 4.74 Å². The number of carbonyl (C=O) groups is 1. The third-order valence-corrected chi connectivity index (χ3v) is 3.17. The number of anilines is 1. The summed E-state index contributed by atoms with van der Waals surface area (Å²) in [4.78, 5) is 13.9. The number of esters is 1. The highest BCUT2D eigenvalue weighted by atomic mass is 16.5. The molecule has 0 heterocycles. The first-order valence-corrected chi connectivity index (χ1v) is 6.99. The zero-order valence-electron chi connectivity index (χ0n) is 12.5. The lowest BCUT2D eigenvalue weighted by Crippen LogP contribution is -2.13. The maximum atomic E-state index is 11.9. The van der Waals surface area contributed by atoms with Crippen LogP contribution in [0.1, 0.15) is 43.5 Å². The molecule has 0 spiro atoms. The van der Waals surface area contributed by atoms with E-state index < -0.39 is 0 Å². The van der Waals surface area contributed by atoms with Crippen LogP contribution in [0.2, 0.25) is 0 Å². The Morgan fingerprint density at radius 2 is 1.89 bits per heavy atom. The predicted octanol–water partition coefficient (Wildman–Crippen LogP) is 3.74. The number of rotatable bonds is 7. The van der Waals surface area contributed by atoms with E-state index in [1.165, 1.54) is 12.8 Å². The molecule has 3 nitrogen and oxygen atoms in total. The normalized spacial score (nSPS) is 12.0. The summed E-state index contributed by atoms with van der Waals surface area (Å²) in [6.07, 6.45) is 3.49. The lowest BCUT2D eigenvalue weighted by atomic mass is 10.1. The Labute approximate surface area is 116 Å². The van der Waals surface area contributed by atoms with E-state index >= 15 is 0 Å². The Morgan fingerprint density at radius 1 is 1.26 bits per heavy atom. The summed E-state index contributed by atoms with van der Waals surface area (Å²) >= 11 is 0. The Morgan fingerprint density at radius 3 is 2.42 bits per heavy atom. The Bertz CT molecular complexity index is 384. The van der Waals surface area contributed by atoms with E-state index in [9.17, 15) is 4.79 Å². The van der Waals surface area contributed by atoms with Crippen LogP contribution in [0.15, 0.2) is 24.3 Å². The van der Waals surface area contributed by atoms with Crippen LogP contribution in [0.4, 0.5) is 5.69 Å². The number of ether oxygens (including phenoxy) is 1. The van der Waals surface area contributed by atoms with Crippen LogP contribution in [0.25, 0.3) is 0 Å². The van der Waals surface area contributed by atoms with E-state index in [2.05, 4.69) is 13.8 Å².